The first kappa shape index (κ1) is 25.3. The summed E-state index contributed by atoms with van der Waals surface area (Å²) in [6, 6.07) is 10.1. The molecule has 0 aliphatic heterocycles. The molecule has 2 rings (SSSR count). The third kappa shape index (κ3) is 7.96. The van der Waals surface area contributed by atoms with Crippen LogP contribution >= 0.6 is 0 Å². The number of rotatable bonds is 11. The van der Waals surface area contributed by atoms with Crippen LogP contribution in [0.15, 0.2) is 48.5 Å². The van der Waals surface area contributed by atoms with Crippen molar-refractivity contribution in [3.05, 3.63) is 79.9 Å². The molecule has 2 aromatic rings. The lowest BCUT2D eigenvalue weighted by Gasteiger charge is -2.21. The molecule has 2 atom stereocenters. The predicted molar refractivity (Wildman–Crippen MR) is 114 cm³/mol. The normalized spacial score (nSPS) is 13.9. The topological polar surface area (TPSA) is 195 Å². The summed E-state index contributed by atoms with van der Waals surface area (Å²) in [7, 11) is -8.87. The van der Waals surface area contributed by atoms with Gasteiger partial charge in [0.05, 0.1) is 21.4 Å². The average molecular weight is 488 g/mol. The van der Waals surface area contributed by atoms with Crippen molar-refractivity contribution in [1.29, 1.82) is 0 Å². The molecule has 0 aromatic heterocycles. The summed E-state index contributed by atoms with van der Waals surface area (Å²) in [5.41, 5.74) is 0.328. The molecule has 0 aliphatic rings. The largest absolute Gasteiger partial charge is 0.286 e. The van der Waals surface area contributed by atoms with Crippen LogP contribution in [0.1, 0.15) is 35.8 Å². The van der Waals surface area contributed by atoms with Crippen molar-refractivity contribution in [2.75, 3.05) is 11.5 Å². The van der Waals surface area contributed by atoms with Gasteiger partial charge < -0.3 is 0 Å². The van der Waals surface area contributed by atoms with Gasteiger partial charge in [-0.2, -0.15) is 16.8 Å². The van der Waals surface area contributed by atoms with Crippen LogP contribution in [0.5, 0.6) is 0 Å². The number of non-ortho nitro benzene ring substituents is 2. The van der Waals surface area contributed by atoms with Gasteiger partial charge in [-0.15, -0.1) is 0 Å². The fourth-order valence-corrected chi connectivity index (χ4v) is 5.07. The summed E-state index contributed by atoms with van der Waals surface area (Å²) >= 11 is 0. The van der Waals surface area contributed by atoms with Crippen LogP contribution in [0.4, 0.5) is 11.4 Å². The Morgan fingerprint density at radius 3 is 1.16 bits per heavy atom. The predicted octanol–water partition coefficient (Wildman–Crippen LogP) is 2.93. The van der Waals surface area contributed by atoms with E-state index in [-0.39, 0.29) is 24.2 Å². The van der Waals surface area contributed by atoms with Crippen LogP contribution in [-0.2, 0) is 20.2 Å². The molecule has 2 N–H and O–H groups in total. The second-order valence-corrected chi connectivity index (χ2v) is 10.2. The average Bonchev–Trinajstić information content (AvgIpc) is 2.68. The standard InChI is InChI=1S/C18H20N2O10S2/c21-19(22)17-7-3-13(4-8-17)15(11-31(25,26)27)1-2-16(12-32(28,29)30)14-5-9-18(10-6-14)20(23)24/h3-10,15-16H,1-2,11-12H2,(H,25,26,27)(H,28,29,30). The Kier molecular flexibility index (Phi) is 8.01. The van der Waals surface area contributed by atoms with Crippen LogP contribution in [0.3, 0.4) is 0 Å². The Hall–Kier alpha value is -2.94. The molecule has 0 amide bonds. The lowest BCUT2D eigenvalue weighted by molar-refractivity contribution is -0.385. The van der Waals surface area contributed by atoms with E-state index in [4.69, 9.17) is 0 Å². The highest BCUT2D eigenvalue weighted by atomic mass is 32.2. The lowest BCUT2D eigenvalue weighted by Crippen LogP contribution is -2.18. The number of benzene rings is 2. The van der Waals surface area contributed by atoms with Gasteiger partial charge in [0.2, 0.25) is 0 Å². The highest BCUT2D eigenvalue weighted by Gasteiger charge is 2.25. The number of hydrogen-bond donors (Lipinski definition) is 2. The zero-order valence-corrected chi connectivity index (χ0v) is 18.1. The minimum absolute atomic E-state index is 0.0365. The van der Waals surface area contributed by atoms with E-state index >= 15 is 0 Å². The fourth-order valence-electron chi connectivity index (χ4n) is 3.34. The van der Waals surface area contributed by atoms with Crippen LogP contribution in [0.2, 0.25) is 0 Å². The minimum atomic E-state index is -4.44. The molecule has 0 heterocycles. The molecule has 2 aromatic carbocycles. The SMILES string of the molecule is O=[N+]([O-])c1ccc(C(CCC(CS(=O)(=O)O)c2ccc([N+](=O)[O-])cc2)CS(=O)(=O)O)cc1. The summed E-state index contributed by atoms with van der Waals surface area (Å²) in [4.78, 5) is 20.4. The van der Waals surface area contributed by atoms with Gasteiger partial charge in [-0.05, 0) is 24.0 Å². The maximum absolute atomic E-state index is 11.5. The van der Waals surface area contributed by atoms with Gasteiger partial charge in [0, 0.05) is 36.1 Å². The lowest BCUT2D eigenvalue weighted by atomic mass is 9.89. The van der Waals surface area contributed by atoms with E-state index in [1.807, 2.05) is 0 Å². The Bertz CT molecular complexity index is 1080. The molecular weight excluding hydrogens is 468 g/mol. The molecule has 12 nitrogen and oxygen atoms in total. The van der Waals surface area contributed by atoms with Crippen LogP contribution in [-0.4, -0.2) is 47.3 Å². The molecule has 0 fully saturated rings. The van der Waals surface area contributed by atoms with E-state index in [1.54, 1.807) is 0 Å². The Labute approximate surface area is 183 Å². The van der Waals surface area contributed by atoms with Crippen LogP contribution < -0.4 is 0 Å². The highest BCUT2D eigenvalue weighted by Crippen LogP contribution is 2.31. The van der Waals surface area contributed by atoms with E-state index in [0.29, 0.717) is 11.1 Å². The zero-order valence-electron chi connectivity index (χ0n) is 16.5. The summed E-state index contributed by atoms with van der Waals surface area (Å²) in [5.74, 6) is -3.06. The van der Waals surface area contributed by atoms with Gasteiger partial charge in [0.1, 0.15) is 0 Å². The van der Waals surface area contributed by atoms with Gasteiger partial charge in [-0.1, -0.05) is 24.3 Å². The molecule has 174 valence electrons. The number of nitro groups is 2. The van der Waals surface area contributed by atoms with Gasteiger partial charge in [0.25, 0.3) is 31.6 Å². The quantitative estimate of drug-likeness (QED) is 0.269. The summed E-state index contributed by atoms with van der Waals surface area (Å²) < 4.78 is 64.5. The van der Waals surface area contributed by atoms with Crippen molar-refractivity contribution >= 4 is 31.6 Å². The second-order valence-electron chi connectivity index (χ2n) is 7.17. The molecule has 0 spiro atoms. The molecule has 14 heteroatoms. The Morgan fingerprint density at radius 1 is 0.656 bits per heavy atom. The zero-order chi connectivity index (χ0) is 24.1. The molecule has 2 unspecified atom stereocenters. The van der Waals surface area contributed by atoms with E-state index in [2.05, 4.69) is 0 Å². The molecule has 0 bridgehead atoms. The monoisotopic (exact) mass is 488 g/mol. The summed E-state index contributed by atoms with van der Waals surface area (Å²) in [6.45, 7) is 0. The minimum Gasteiger partial charge on any atom is -0.286 e. The van der Waals surface area contributed by atoms with Gasteiger partial charge in [-0.25, -0.2) is 0 Å². The molecule has 32 heavy (non-hydrogen) atoms. The summed E-state index contributed by atoms with van der Waals surface area (Å²) in [5, 5.41) is 21.7. The molecule has 0 saturated carbocycles. The first-order valence-corrected chi connectivity index (χ1v) is 12.4. The maximum Gasteiger partial charge on any atom is 0.269 e. The highest BCUT2D eigenvalue weighted by molar-refractivity contribution is 7.86. The van der Waals surface area contributed by atoms with Crippen molar-refractivity contribution in [3.63, 3.8) is 0 Å². The molecule has 0 saturated heterocycles. The van der Waals surface area contributed by atoms with Crippen molar-refractivity contribution in [3.8, 4) is 0 Å². The van der Waals surface area contributed by atoms with Gasteiger partial charge in [-0.3, -0.25) is 29.3 Å². The first-order chi connectivity index (χ1) is 14.7. The molecule has 0 aliphatic carbocycles. The van der Waals surface area contributed by atoms with Crippen LogP contribution in [0, 0.1) is 20.2 Å². The Balaban J connectivity index is 2.31. The number of nitro benzene ring substituents is 2. The maximum atomic E-state index is 11.5. The third-order valence-corrected chi connectivity index (χ3v) is 6.49. The van der Waals surface area contributed by atoms with E-state index in [0.717, 1.165) is 0 Å². The number of hydrogen-bond acceptors (Lipinski definition) is 8. The third-order valence-electron chi connectivity index (χ3n) is 4.84. The van der Waals surface area contributed by atoms with Crippen molar-refractivity contribution < 1.29 is 35.8 Å². The van der Waals surface area contributed by atoms with Gasteiger partial charge >= 0.3 is 0 Å². The first-order valence-electron chi connectivity index (χ1n) is 9.14. The van der Waals surface area contributed by atoms with E-state index in [1.165, 1.54) is 48.5 Å². The van der Waals surface area contributed by atoms with E-state index in [9.17, 15) is 46.2 Å². The molecule has 0 radical (unpaired) electrons. The smallest absolute Gasteiger partial charge is 0.269 e. The fraction of sp³-hybridized carbons (Fsp3) is 0.333. The summed E-state index contributed by atoms with van der Waals surface area (Å²) in [6.07, 6.45) is 0.0730. The van der Waals surface area contributed by atoms with Crippen LogP contribution in [0.25, 0.3) is 0 Å². The second kappa shape index (κ2) is 10.1. The molecular formula is C18H20N2O10S2. The van der Waals surface area contributed by atoms with Crippen molar-refractivity contribution in [1.82, 2.24) is 0 Å². The van der Waals surface area contributed by atoms with E-state index < -0.39 is 53.4 Å². The Morgan fingerprint density at radius 2 is 0.938 bits per heavy atom. The van der Waals surface area contributed by atoms with Gasteiger partial charge in [0.15, 0.2) is 0 Å². The number of nitrogens with zero attached hydrogens (tertiary/aromatic N) is 2. The van der Waals surface area contributed by atoms with Crippen molar-refractivity contribution in [2.45, 2.75) is 24.7 Å². The van der Waals surface area contributed by atoms with Crippen molar-refractivity contribution in [2.24, 2.45) is 0 Å².